The van der Waals surface area contributed by atoms with Crippen molar-refractivity contribution < 1.29 is 9.13 Å². The molecule has 7 heteroatoms. The first-order valence-corrected chi connectivity index (χ1v) is 12.3. The van der Waals surface area contributed by atoms with Gasteiger partial charge in [0.1, 0.15) is 37.0 Å². The van der Waals surface area contributed by atoms with Gasteiger partial charge in [-0.05, 0) is 47.9 Å². The molecule has 0 saturated carbocycles. The molecule has 37 heavy (non-hydrogen) atoms. The van der Waals surface area contributed by atoms with Crippen LogP contribution in [-0.4, -0.2) is 41.7 Å². The highest BCUT2D eigenvalue weighted by Gasteiger charge is 2.21. The minimum absolute atomic E-state index is 0.238. The molecule has 2 aliphatic heterocycles. The number of aromatic nitrogens is 2. The van der Waals surface area contributed by atoms with Gasteiger partial charge in [-0.2, -0.15) is 0 Å². The van der Waals surface area contributed by atoms with Crippen LogP contribution in [0.4, 0.5) is 10.2 Å². The van der Waals surface area contributed by atoms with E-state index in [2.05, 4.69) is 67.3 Å². The number of halogens is 1. The fraction of sp³-hybridized carbons (Fsp3) is 0.200. The molecular formula is C30H26FN5O. The molecule has 0 N–H and O–H groups in total. The zero-order valence-corrected chi connectivity index (χ0v) is 20.6. The molecule has 0 saturated heterocycles. The SMILES string of the molecule is Cc1ncnc(N2CCOc3ccc(-c4ccc(C5=NCN=C5)cc4)cc3C2)c1Cc1ccc(F)cc1. The molecule has 0 radical (unpaired) electrons. The van der Waals surface area contributed by atoms with Crippen LogP contribution in [0, 0.1) is 12.7 Å². The Labute approximate surface area is 215 Å². The maximum absolute atomic E-state index is 13.4. The highest BCUT2D eigenvalue weighted by molar-refractivity contribution is 6.39. The van der Waals surface area contributed by atoms with Crippen LogP contribution in [0.15, 0.2) is 83.0 Å². The van der Waals surface area contributed by atoms with Gasteiger partial charge < -0.3 is 9.64 Å². The van der Waals surface area contributed by atoms with Crippen molar-refractivity contribution in [3.05, 3.63) is 107 Å². The molecule has 4 aromatic rings. The first-order valence-electron chi connectivity index (χ1n) is 12.3. The lowest BCUT2D eigenvalue weighted by Crippen LogP contribution is -2.28. The van der Waals surface area contributed by atoms with E-state index in [4.69, 9.17) is 4.74 Å². The van der Waals surface area contributed by atoms with Gasteiger partial charge in [0.15, 0.2) is 0 Å². The lowest BCUT2D eigenvalue weighted by molar-refractivity contribution is 0.331. The monoisotopic (exact) mass is 491 g/mol. The summed E-state index contributed by atoms with van der Waals surface area (Å²) in [5.74, 6) is 1.55. The van der Waals surface area contributed by atoms with Gasteiger partial charge in [0, 0.05) is 41.6 Å². The summed E-state index contributed by atoms with van der Waals surface area (Å²) >= 11 is 0. The van der Waals surface area contributed by atoms with Crippen LogP contribution in [0.2, 0.25) is 0 Å². The van der Waals surface area contributed by atoms with Crippen LogP contribution in [0.1, 0.15) is 27.9 Å². The number of rotatable bonds is 5. The number of aliphatic imine (C=N–C) groups is 2. The molecule has 0 amide bonds. The Hall–Kier alpha value is -4.39. The molecule has 0 fully saturated rings. The zero-order valence-electron chi connectivity index (χ0n) is 20.6. The fourth-order valence-electron chi connectivity index (χ4n) is 4.81. The molecule has 0 spiro atoms. The third-order valence-electron chi connectivity index (χ3n) is 6.82. The number of anilines is 1. The van der Waals surface area contributed by atoms with Gasteiger partial charge in [0.2, 0.25) is 0 Å². The molecule has 1 aromatic heterocycles. The van der Waals surface area contributed by atoms with Crippen molar-refractivity contribution in [1.82, 2.24) is 9.97 Å². The van der Waals surface area contributed by atoms with Crippen molar-refractivity contribution in [2.24, 2.45) is 9.98 Å². The molecule has 0 unspecified atom stereocenters. The molecular weight excluding hydrogens is 465 g/mol. The summed E-state index contributed by atoms with van der Waals surface area (Å²) in [6, 6.07) is 21.4. The molecule has 0 atom stereocenters. The van der Waals surface area contributed by atoms with Crippen molar-refractivity contribution in [2.45, 2.75) is 19.9 Å². The van der Waals surface area contributed by atoms with Crippen LogP contribution in [0.5, 0.6) is 5.75 Å². The number of hydrogen-bond donors (Lipinski definition) is 0. The second kappa shape index (κ2) is 9.93. The minimum Gasteiger partial charge on any atom is -0.491 e. The van der Waals surface area contributed by atoms with Crippen LogP contribution in [0.3, 0.4) is 0 Å². The van der Waals surface area contributed by atoms with E-state index in [9.17, 15) is 4.39 Å². The van der Waals surface area contributed by atoms with E-state index in [1.54, 1.807) is 6.33 Å². The Kier molecular flexibility index (Phi) is 6.18. The third kappa shape index (κ3) is 4.85. The Morgan fingerprint density at radius 3 is 2.49 bits per heavy atom. The van der Waals surface area contributed by atoms with Crippen LogP contribution in [-0.2, 0) is 13.0 Å². The second-order valence-electron chi connectivity index (χ2n) is 9.23. The first kappa shape index (κ1) is 23.0. The van der Waals surface area contributed by atoms with E-state index in [0.29, 0.717) is 32.8 Å². The predicted octanol–water partition coefficient (Wildman–Crippen LogP) is 5.41. The standard InChI is InChI=1S/C30H26FN5O/c1-20-27(14-21-2-9-26(31)10-3-21)30(35-19-33-20)36-12-13-37-29-11-8-24(15-25(29)17-36)22-4-6-23(7-5-22)28-16-32-18-34-28/h2-11,15-16,19H,12-14,17-18H2,1H3. The molecule has 2 aliphatic rings. The quantitative estimate of drug-likeness (QED) is 0.374. The lowest BCUT2D eigenvalue weighted by atomic mass is 9.99. The van der Waals surface area contributed by atoms with E-state index in [1.165, 1.54) is 12.1 Å². The predicted molar refractivity (Wildman–Crippen MR) is 144 cm³/mol. The summed E-state index contributed by atoms with van der Waals surface area (Å²) in [4.78, 5) is 20.0. The summed E-state index contributed by atoms with van der Waals surface area (Å²) < 4.78 is 19.6. The lowest BCUT2D eigenvalue weighted by Gasteiger charge is -2.24. The first-order chi connectivity index (χ1) is 18.1. The minimum atomic E-state index is -0.238. The fourth-order valence-corrected chi connectivity index (χ4v) is 4.81. The van der Waals surface area contributed by atoms with E-state index in [1.807, 2.05) is 25.3 Å². The van der Waals surface area contributed by atoms with Crippen molar-refractivity contribution in [3.8, 4) is 16.9 Å². The Bertz CT molecular complexity index is 1500. The summed E-state index contributed by atoms with van der Waals surface area (Å²) in [5.41, 5.74) is 8.35. The molecule has 6 rings (SSSR count). The molecule has 184 valence electrons. The summed E-state index contributed by atoms with van der Waals surface area (Å²) in [6.07, 6.45) is 4.07. The van der Waals surface area contributed by atoms with Crippen molar-refractivity contribution in [2.75, 3.05) is 24.7 Å². The van der Waals surface area contributed by atoms with Crippen molar-refractivity contribution in [3.63, 3.8) is 0 Å². The van der Waals surface area contributed by atoms with Gasteiger partial charge in [-0.25, -0.2) is 14.4 Å². The maximum atomic E-state index is 13.4. The topological polar surface area (TPSA) is 63.0 Å². The summed E-state index contributed by atoms with van der Waals surface area (Å²) in [6.45, 7) is 4.44. The maximum Gasteiger partial charge on any atom is 0.136 e. The highest BCUT2D eigenvalue weighted by atomic mass is 19.1. The molecule has 3 aromatic carbocycles. The molecule has 0 bridgehead atoms. The zero-order chi connectivity index (χ0) is 25.2. The second-order valence-corrected chi connectivity index (χ2v) is 9.23. The summed E-state index contributed by atoms with van der Waals surface area (Å²) in [5, 5.41) is 0. The number of hydrogen-bond acceptors (Lipinski definition) is 6. The van der Waals surface area contributed by atoms with Gasteiger partial charge in [0.05, 0.1) is 12.3 Å². The van der Waals surface area contributed by atoms with E-state index < -0.39 is 0 Å². The Morgan fingerprint density at radius 1 is 0.919 bits per heavy atom. The van der Waals surface area contributed by atoms with Crippen LogP contribution in [0.25, 0.3) is 11.1 Å². The van der Waals surface area contributed by atoms with E-state index >= 15 is 0 Å². The molecule has 3 heterocycles. The molecule has 0 aliphatic carbocycles. The average molecular weight is 492 g/mol. The van der Waals surface area contributed by atoms with Gasteiger partial charge in [-0.1, -0.05) is 42.5 Å². The summed E-state index contributed by atoms with van der Waals surface area (Å²) in [7, 11) is 0. The van der Waals surface area contributed by atoms with Gasteiger partial charge >= 0.3 is 0 Å². The number of benzene rings is 3. The normalized spacial score (nSPS) is 14.6. The van der Waals surface area contributed by atoms with Gasteiger partial charge in [-0.15, -0.1) is 0 Å². The highest BCUT2D eigenvalue weighted by Crippen LogP contribution is 2.32. The number of aryl methyl sites for hydroxylation is 1. The molecule has 6 nitrogen and oxygen atoms in total. The van der Waals surface area contributed by atoms with Gasteiger partial charge in [-0.3, -0.25) is 9.98 Å². The van der Waals surface area contributed by atoms with Crippen LogP contribution >= 0.6 is 0 Å². The van der Waals surface area contributed by atoms with Crippen molar-refractivity contribution >= 4 is 17.7 Å². The largest absolute Gasteiger partial charge is 0.491 e. The Morgan fingerprint density at radius 2 is 1.70 bits per heavy atom. The average Bonchev–Trinajstić information content (AvgIpc) is 3.38. The Balaban J connectivity index is 1.29. The number of fused-ring (bicyclic) bond motifs is 1. The number of nitrogens with zero attached hydrogens (tertiary/aromatic N) is 5. The van der Waals surface area contributed by atoms with E-state index in [-0.39, 0.29) is 5.82 Å². The van der Waals surface area contributed by atoms with Crippen LogP contribution < -0.4 is 9.64 Å². The van der Waals surface area contributed by atoms with Gasteiger partial charge in [0.25, 0.3) is 0 Å². The smallest absolute Gasteiger partial charge is 0.136 e. The van der Waals surface area contributed by atoms with Crippen molar-refractivity contribution in [1.29, 1.82) is 0 Å². The number of ether oxygens (including phenoxy) is 1. The van der Waals surface area contributed by atoms with E-state index in [0.717, 1.165) is 56.4 Å². The third-order valence-corrected chi connectivity index (χ3v) is 6.82.